The number of rotatable bonds is 8. The molecule has 0 aliphatic heterocycles. The molecule has 2 aromatic heterocycles. The summed E-state index contributed by atoms with van der Waals surface area (Å²) in [5, 5.41) is 4.91. The number of benzene rings is 2. The molecule has 0 bridgehead atoms. The van der Waals surface area contributed by atoms with Crippen LogP contribution in [0.25, 0.3) is 10.8 Å². The Hall–Kier alpha value is -3.73. The van der Waals surface area contributed by atoms with Crippen molar-refractivity contribution in [3.8, 4) is 0 Å². The molecule has 39 heavy (non-hydrogen) atoms. The summed E-state index contributed by atoms with van der Waals surface area (Å²) in [5.74, 6) is -0.703. The normalized spacial score (nSPS) is 12.5. The second-order valence-electron chi connectivity index (χ2n) is 9.07. The lowest BCUT2D eigenvalue weighted by molar-refractivity contribution is -0.137. The molecule has 13 heteroatoms. The van der Waals surface area contributed by atoms with E-state index in [0.29, 0.717) is 22.8 Å². The van der Waals surface area contributed by atoms with Crippen LogP contribution in [0.3, 0.4) is 0 Å². The predicted octanol–water partition coefficient (Wildman–Crippen LogP) is 6.03. The summed E-state index contributed by atoms with van der Waals surface area (Å²) in [5.41, 5.74) is -0.510. The zero-order chi connectivity index (χ0) is 28.6. The van der Waals surface area contributed by atoms with E-state index in [0.717, 1.165) is 0 Å². The van der Waals surface area contributed by atoms with Crippen molar-refractivity contribution in [3.05, 3.63) is 82.4 Å². The zero-order valence-corrected chi connectivity index (χ0v) is 22.2. The molecule has 0 atom stereocenters. The third-order valence-corrected chi connectivity index (χ3v) is 8.87. The van der Waals surface area contributed by atoms with Crippen LogP contribution in [0.2, 0.25) is 0 Å². The highest BCUT2D eigenvalue weighted by molar-refractivity contribution is 7.53. The van der Waals surface area contributed by atoms with E-state index in [1.165, 1.54) is 10.6 Å². The summed E-state index contributed by atoms with van der Waals surface area (Å²) in [6.45, 7) is 3.40. The van der Waals surface area contributed by atoms with Crippen molar-refractivity contribution in [2.45, 2.75) is 38.0 Å². The van der Waals surface area contributed by atoms with Gasteiger partial charge in [-0.25, -0.2) is 4.98 Å². The minimum Gasteiger partial charge on any atom is -0.339 e. The Bertz CT molecular complexity index is 1610. The van der Waals surface area contributed by atoms with E-state index in [-0.39, 0.29) is 35.4 Å². The number of fused-ring (bicyclic) bond motifs is 1. The maximum atomic E-state index is 13.8. The average Bonchev–Trinajstić information content (AvgIpc) is 2.87. The van der Waals surface area contributed by atoms with Crippen molar-refractivity contribution in [3.63, 3.8) is 0 Å². The van der Waals surface area contributed by atoms with E-state index in [1.807, 2.05) is 0 Å². The Morgan fingerprint density at radius 1 is 1.00 bits per heavy atom. The summed E-state index contributed by atoms with van der Waals surface area (Å²) in [7, 11) is -2.94. The number of nitrogens with zero attached hydrogens (tertiary/aromatic N) is 3. The van der Waals surface area contributed by atoms with E-state index in [4.69, 9.17) is 0 Å². The Morgan fingerprint density at radius 3 is 2.26 bits per heavy atom. The highest BCUT2D eigenvalue weighted by atomic mass is 31.2. The molecule has 9 nitrogen and oxygen atoms in total. The quantitative estimate of drug-likeness (QED) is 0.192. The van der Waals surface area contributed by atoms with Gasteiger partial charge in [0.25, 0.3) is 5.56 Å². The summed E-state index contributed by atoms with van der Waals surface area (Å²) >= 11 is 0. The zero-order valence-electron chi connectivity index (χ0n) is 21.3. The first-order chi connectivity index (χ1) is 18.3. The number of hydrogen-bond donors (Lipinski definition) is 4. The van der Waals surface area contributed by atoms with Gasteiger partial charge >= 0.3 is 13.8 Å². The standard InChI is InChI=1S/C26H27F3N5O4P/c1-4-25(5-2,39(36,37)38)17-9-11-18(12-10-17)31-24-30-15-19(26(27,28)29)22(33-24)32-20-8-6-7-16-13-14-34(3)23(35)21(16)20/h6-15H,4-5H2,1-3H3,(H2,36,37,38)(H2,30,31,32,33). The first-order valence-corrected chi connectivity index (χ1v) is 13.6. The fourth-order valence-electron chi connectivity index (χ4n) is 4.59. The number of alkyl halides is 3. The van der Waals surface area contributed by atoms with Crippen LogP contribution in [0.1, 0.15) is 37.8 Å². The molecule has 206 valence electrons. The van der Waals surface area contributed by atoms with E-state index in [9.17, 15) is 32.3 Å². The lowest BCUT2D eigenvalue weighted by atomic mass is 9.92. The third-order valence-electron chi connectivity index (χ3n) is 6.86. The van der Waals surface area contributed by atoms with Crippen molar-refractivity contribution in [1.29, 1.82) is 0 Å². The number of hydrogen-bond acceptors (Lipinski definition) is 6. The summed E-state index contributed by atoms with van der Waals surface area (Å²) in [6.07, 6.45) is -2.13. The van der Waals surface area contributed by atoms with Crippen LogP contribution >= 0.6 is 7.60 Å². The number of aromatic nitrogens is 3. The molecule has 0 aliphatic rings. The van der Waals surface area contributed by atoms with E-state index >= 15 is 0 Å². The smallest absolute Gasteiger partial charge is 0.339 e. The largest absolute Gasteiger partial charge is 0.421 e. The van der Waals surface area contributed by atoms with Crippen molar-refractivity contribution in [2.24, 2.45) is 7.05 Å². The Labute approximate surface area is 221 Å². The van der Waals surface area contributed by atoms with Crippen LogP contribution in [-0.4, -0.2) is 24.3 Å². The van der Waals surface area contributed by atoms with Gasteiger partial charge in [0.05, 0.1) is 16.2 Å². The number of halogens is 3. The molecule has 2 aromatic carbocycles. The maximum absolute atomic E-state index is 13.8. The van der Waals surface area contributed by atoms with Crippen LogP contribution in [0.15, 0.2) is 65.7 Å². The van der Waals surface area contributed by atoms with E-state index in [2.05, 4.69) is 20.6 Å². The van der Waals surface area contributed by atoms with Gasteiger partial charge in [0.15, 0.2) is 0 Å². The molecule has 0 amide bonds. The van der Waals surface area contributed by atoms with Crippen molar-refractivity contribution in [2.75, 3.05) is 10.6 Å². The minimum absolute atomic E-state index is 0.154. The molecule has 0 spiro atoms. The summed E-state index contributed by atoms with van der Waals surface area (Å²) in [4.78, 5) is 40.6. The first kappa shape index (κ1) is 28.3. The van der Waals surface area contributed by atoms with Gasteiger partial charge < -0.3 is 25.0 Å². The first-order valence-electron chi connectivity index (χ1n) is 12.0. The molecule has 2 heterocycles. The highest BCUT2D eigenvalue weighted by Gasteiger charge is 2.45. The Kier molecular flexibility index (Phi) is 7.57. The van der Waals surface area contributed by atoms with Crippen LogP contribution in [-0.2, 0) is 22.9 Å². The Balaban J connectivity index is 1.71. The molecular weight excluding hydrogens is 534 g/mol. The van der Waals surface area contributed by atoms with Crippen LogP contribution in [0, 0.1) is 0 Å². The van der Waals surface area contributed by atoms with Gasteiger partial charge in [-0.05, 0) is 48.1 Å². The second-order valence-corrected chi connectivity index (χ2v) is 11.0. The topological polar surface area (TPSA) is 129 Å². The molecule has 0 unspecified atom stereocenters. The third kappa shape index (κ3) is 5.40. The van der Waals surface area contributed by atoms with Gasteiger partial charge in [-0.2, -0.15) is 18.2 Å². The number of nitrogens with one attached hydrogen (secondary N) is 2. The van der Waals surface area contributed by atoms with Crippen molar-refractivity contribution >= 4 is 41.5 Å². The monoisotopic (exact) mass is 561 g/mol. The minimum atomic E-state index is -4.77. The summed E-state index contributed by atoms with van der Waals surface area (Å²) in [6, 6.07) is 12.7. The number of pyridine rings is 1. The van der Waals surface area contributed by atoms with Crippen LogP contribution in [0.4, 0.5) is 36.3 Å². The molecule has 0 fully saturated rings. The fraction of sp³-hybridized carbons (Fsp3) is 0.269. The fourth-order valence-corrected chi connectivity index (χ4v) is 5.90. The summed E-state index contributed by atoms with van der Waals surface area (Å²) < 4.78 is 55.0. The van der Waals surface area contributed by atoms with E-state index in [1.54, 1.807) is 69.6 Å². The Morgan fingerprint density at radius 2 is 1.67 bits per heavy atom. The van der Waals surface area contributed by atoms with E-state index < -0.39 is 30.3 Å². The van der Waals surface area contributed by atoms with Gasteiger partial charge in [0, 0.05) is 25.1 Å². The average molecular weight is 562 g/mol. The number of aryl methyl sites for hydroxylation is 1. The SMILES string of the molecule is CCC(CC)(c1ccc(Nc2ncc(C(F)(F)F)c(Nc3cccc4ccn(C)c(=O)c34)n2)cc1)P(=O)(O)O. The van der Waals surface area contributed by atoms with Crippen LogP contribution < -0.4 is 16.2 Å². The van der Waals surface area contributed by atoms with Gasteiger partial charge in [-0.1, -0.05) is 38.1 Å². The lowest BCUT2D eigenvalue weighted by Crippen LogP contribution is -2.24. The highest BCUT2D eigenvalue weighted by Crippen LogP contribution is 2.60. The molecule has 0 saturated heterocycles. The van der Waals surface area contributed by atoms with Crippen molar-refractivity contribution < 1.29 is 27.5 Å². The van der Waals surface area contributed by atoms with Crippen molar-refractivity contribution in [1.82, 2.24) is 14.5 Å². The molecular formula is C26H27F3N5O4P. The molecule has 4 N–H and O–H groups in total. The van der Waals surface area contributed by atoms with Gasteiger partial charge in [0.1, 0.15) is 11.4 Å². The second kappa shape index (κ2) is 10.4. The molecule has 0 radical (unpaired) electrons. The molecule has 0 saturated carbocycles. The number of anilines is 4. The predicted molar refractivity (Wildman–Crippen MR) is 144 cm³/mol. The molecule has 4 rings (SSSR count). The van der Waals surface area contributed by atoms with Crippen LogP contribution in [0.5, 0.6) is 0 Å². The molecule has 0 aliphatic carbocycles. The van der Waals surface area contributed by atoms with Gasteiger partial charge in [-0.15, -0.1) is 0 Å². The maximum Gasteiger partial charge on any atom is 0.421 e. The van der Waals surface area contributed by atoms with Gasteiger partial charge in [-0.3, -0.25) is 9.36 Å². The van der Waals surface area contributed by atoms with Gasteiger partial charge in [0.2, 0.25) is 5.95 Å². The molecule has 4 aromatic rings. The lowest BCUT2D eigenvalue weighted by Gasteiger charge is -2.33.